The average Bonchev–Trinajstić information content (AvgIpc) is 3.06. The molecule has 3 aromatic rings. The fourth-order valence-corrected chi connectivity index (χ4v) is 6.35. The molecule has 3 N–H and O–H groups in total. The van der Waals surface area contributed by atoms with Gasteiger partial charge in [0.1, 0.15) is 17.7 Å². The van der Waals surface area contributed by atoms with Crippen LogP contribution in [0.5, 0.6) is 5.75 Å². The molecular formula is C32H39F4N5O4. The summed E-state index contributed by atoms with van der Waals surface area (Å²) in [6.07, 6.45) is 1.28. The zero-order valence-electron chi connectivity index (χ0n) is 25.3. The molecule has 13 heteroatoms. The highest BCUT2D eigenvalue weighted by Gasteiger charge is 2.41. The lowest BCUT2D eigenvalue weighted by Crippen LogP contribution is -2.49. The number of nitrogens with zero attached hydrogens (tertiary/aromatic N) is 3. The lowest BCUT2D eigenvalue weighted by Gasteiger charge is -2.40. The Labute approximate surface area is 259 Å². The Bertz CT molecular complexity index is 1480. The van der Waals surface area contributed by atoms with Crippen molar-refractivity contribution in [2.75, 3.05) is 64.9 Å². The number of rotatable bonds is 12. The van der Waals surface area contributed by atoms with Crippen LogP contribution in [0.15, 0.2) is 36.5 Å². The lowest BCUT2D eigenvalue weighted by molar-refractivity contribution is -0.143. The topological polar surface area (TPSA) is 99.2 Å². The van der Waals surface area contributed by atoms with E-state index in [9.17, 15) is 23.2 Å². The van der Waals surface area contributed by atoms with Crippen molar-refractivity contribution in [1.29, 1.82) is 0 Å². The molecule has 9 nitrogen and oxygen atoms in total. The predicted octanol–water partition coefficient (Wildman–Crippen LogP) is 4.98. The molecule has 0 unspecified atom stereocenters. The largest absolute Gasteiger partial charge is 0.497 e. The number of hydroxylamine groups is 1. The van der Waals surface area contributed by atoms with E-state index in [0.29, 0.717) is 80.5 Å². The van der Waals surface area contributed by atoms with Crippen molar-refractivity contribution >= 4 is 22.5 Å². The number of morpholine rings is 1. The number of likely N-dealkylation sites (tertiary alicyclic amines) is 1. The van der Waals surface area contributed by atoms with E-state index < -0.39 is 34.9 Å². The third-order valence-electron chi connectivity index (χ3n) is 9.02. The zero-order valence-corrected chi connectivity index (χ0v) is 25.3. The van der Waals surface area contributed by atoms with Gasteiger partial charge < -0.3 is 19.7 Å². The monoisotopic (exact) mass is 633 g/mol. The standard InChI is InChI=1S/C32H39F4N5O4/c1-44-23-2-3-27-24(18-23)29(21(19-38-27)20-41-12-14-45-15-13-41)25(34)4-5-32(31(42)39-43)6-9-40(10-7-32)11-8-37-28-17-22(33)16-26(35)30(28)36/h2-3,16-19,25,37,43H,4-15,20H2,1H3,(H,39,42)/t25-/m1/s1. The second kappa shape index (κ2) is 14.7. The predicted molar refractivity (Wildman–Crippen MR) is 160 cm³/mol. The van der Waals surface area contributed by atoms with Crippen LogP contribution in [-0.2, 0) is 16.1 Å². The Kier molecular flexibility index (Phi) is 10.7. The third kappa shape index (κ3) is 7.66. The van der Waals surface area contributed by atoms with Crippen molar-refractivity contribution in [3.63, 3.8) is 0 Å². The number of amides is 1. The minimum absolute atomic E-state index is 0.0474. The molecule has 1 amide bonds. The van der Waals surface area contributed by atoms with Crippen molar-refractivity contribution in [3.8, 4) is 5.75 Å². The number of methoxy groups -OCH3 is 1. The van der Waals surface area contributed by atoms with Gasteiger partial charge in [-0.2, -0.15) is 0 Å². The number of benzene rings is 2. The molecule has 2 saturated heterocycles. The number of alkyl halides is 1. The van der Waals surface area contributed by atoms with Crippen molar-refractivity contribution in [3.05, 3.63) is 65.1 Å². The molecule has 0 bridgehead atoms. The van der Waals surface area contributed by atoms with E-state index in [1.54, 1.807) is 37.0 Å². The zero-order chi connectivity index (χ0) is 32.0. The minimum atomic E-state index is -1.41. The number of carbonyl (C=O) groups excluding carboxylic acids is 1. The number of hydrogen-bond acceptors (Lipinski definition) is 8. The fraction of sp³-hybridized carbons (Fsp3) is 0.500. The molecule has 1 aromatic heterocycles. The fourth-order valence-electron chi connectivity index (χ4n) is 6.35. The molecule has 2 aliphatic heterocycles. The van der Waals surface area contributed by atoms with Gasteiger partial charge in [0.05, 0.1) is 36.9 Å². The number of piperidine rings is 1. The number of hydrogen-bond donors (Lipinski definition) is 3. The first kappa shape index (κ1) is 32.9. The highest BCUT2D eigenvalue weighted by atomic mass is 19.2. The van der Waals surface area contributed by atoms with Crippen LogP contribution in [0.2, 0.25) is 0 Å². The molecule has 0 radical (unpaired) electrons. The Balaban J connectivity index is 1.27. The number of ether oxygens (including phenoxy) is 2. The lowest BCUT2D eigenvalue weighted by atomic mass is 9.73. The summed E-state index contributed by atoms with van der Waals surface area (Å²) in [6, 6.07) is 6.75. The SMILES string of the molecule is COc1ccc2ncc(CN3CCOCC3)c([C@H](F)CCC3(C(=O)NO)CCN(CCNc4cc(F)cc(F)c4F)CC3)c2c1. The van der Waals surface area contributed by atoms with Crippen LogP contribution < -0.4 is 15.5 Å². The van der Waals surface area contributed by atoms with Crippen LogP contribution >= 0.6 is 0 Å². The van der Waals surface area contributed by atoms with Gasteiger partial charge in [-0.1, -0.05) is 0 Å². The smallest absolute Gasteiger partial charge is 0.249 e. The molecule has 2 fully saturated rings. The maximum absolute atomic E-state index is 16.5. The van der Waals surface area contributed by atoms with E-state index in [1.165, 1.54) is 0 Å². The Morgan fingerprint density at radius 3 is 2.58 bits per heavy atom. The summed E-state index contributed by atoms with van der Waals surface area (Å²) in [4.78, 5) is 21.8. The van der Waals surface area contributed by atoms with Crippen LogP contribution in [0.4, 0.5) is 23.2 Å². The second-order valence-electron chi connectivity index (χ2n) is 11.7. The molecule has 5 rings (SSSR count). The molecule has 0 aliphatic carbocycles. The highest BCUT2D eigenvalue weighted by molar-refractivity contribution is 5.85. The summed E-state index contributed by atoms with van der Waals surface area (Å²) >= 11 is 0. The molecule has 45 heavy (non-hydrogen) atoms. The first-order valence-corrected chi connectivity index (χ1v) is 15.2. The van der Waals surface area contributed by atoms with Crippen LogP contribution in [0, 0.1) is 22.9 Å². The number of anilines is 1. The number of carbonyl (C=O) groups is 1. The molecule has 0 saturated carbocycles. The summed E-state index contributed by atoms with van der Waals surface area (Å²) < 4.78 is 68.4. The van der Waals surface area contributed by atoms with E-state index in [1.807, 2.05) is 4.90 Å². The van der Waals surface area contributed by atoms with Gasteiger partial charge in [0.15, 0.2) is 11.6 Å². The van der Waals surface area contributed by atoms with Gasteiger partial charge in [-0.15, -0.1) is 0 Å². The summed E-state index contributed by atoms with van der Waals surface area (Å²) in [5, 5.41) is 13.0. The van der Waals surface area contributed by atoms with Crippen molar-refractivity contribution < 1.29 is 37.0 Å². The summed E-state index contributed by atoms with van der Waals surface area (Å²) in [5.41, 5.74) is 2.47. The van der Waals surface area contributed by atoms with E-state index in [0.717, 1.165) is 24.7 Å². The van der Waals surface area contributed by atoms with Crippen LogP contribution in [0.3, 0.4) is 0 Å². The van der Waals surface area contributed by atoms with E-state index in [2.05, 4.69) is 15.2 Å². The quantitative estimate of drug-likeness (QED) is 0.111. The maximum Gasteiger partial charge on any atom is 0.249 e. The summed E-state index contributed by atoms with van der Waals surface area (Å²) in [6.45, 7) is 4.75. The van der Waals surface area contributed by atoms with E-state index in [4.69, 9.17) is 9.47 Å². The normalized spacial score (nSPS) is 18.1. The van der Waals surface area contributed by atoms with Crippen LogP contribution in [0.25, 0.3) is 10.9 Å². The number of aromatic nitrogens is 1. The second-order valence-corrected chi connectivity index (χ2v) is 11.7. The van der Waals surface area contributed by atoms with Gasteiger partial charge in [0.25, 0.3) is 0 Å². The first-order valence-electron chi connectivity index (χ1n) is 15.2. The summed E-state index contributed by atoms with van der Waals surface area (Å²) in [5.74, 6) is -3.27. The Morgan fingerprint density at radius 2 is 1.87 bits per heavy atom. The van der Waals surface area contributed by atoms with Crippen molar-refractivity contribution in [2.45, 2.75) is 38.4 Å². The van der Waals surface area contributed by atoms with Gasteiger partial charge >= 0.3 is 0 Å². The Morgan fingerprint density at radius 1 is 1.11 bits per heavy atom. The van der Waals surface area contributed by atoms with Crippen molar-refractivity contribution in [1.82, 2.24) is 20.3 Å². The molecule has 0 spiro atoms. The van der Waals surface area contributed by atoms with E-state index in [-0.39, 0.29) is 25.1 Å². The number of fused-ring (bicyclic) bond motifs is 1. The maximum atomic E-state index is 16.5. The van der Waals surface area contributed by atoms with Gasteiger partial charge in [-0.3, -0.25) is 19.9 Å². The van der Waals surface area contributed by atoms with Crippen molar-refractivity contribution in [2.24, 2.45) is 5.41 Å². The Hall–Kier alpha value is -3.52. The van der Waals surface area contributed by atoms with Gasteiger partial charge in [-0.05, 0) is 62.5 Å². The summed E-state index contributed by atoms with van der Waals surface area (Å²) in [7, 11) is 1.55. The number of nitrogens with one attached hydrogen (secondary N) is 2. The molecule has 1 atom stereocenters. The van der Waals surface area contributed by atoms with E-state index >= 15 is 4.39 Å². The van der Waals surface area contributed by atoms with Crippen LogP contribution in [0.1, 0.15) is 43.0 Å². The van der Waals surface area contributed by atoms with Gasteiger partial charge in [0.2, 0.25) is 5.91 Å². The molecule has 244 valence electrons. The molecule has 2 aromatic carbocycles. The van der Waals surface area contributed by atoms with Gasteiger partial charge in [0, 0.05) is 62.0 Å². The number of pyridine rings is 1. The first-order chi connectivity index (χ1) is 21.7. The highest BCUT2D eigenvalue weighted by Crippen LogP contribution is 2.42. The van der Waals surface area contributed by atoms with Gasteiger partial charge in [-0.25, -0.2) is 23.0 Å². The molecule has 3 heterocycles. The van der Waals surface area contributed by atoms with Crippen LogP contribution in [-0.4, -0.2) is 85.5 Å². The molecule has 2 aliphatic rings. The molecular weight excluding hydrogens is 594 g/mol. The third-order valence-corrected chi connectivity index (χ3v) is 9.02. The number of halogens is 4. The minimum Gasteiger partial charge on any atom is -0.497 e. The average molecular weight is 634 g/mol.